The van der Waals surface area contributed by atoms with Crippen LogP contribution in [0.3, 0.4) is 0 Å². The van der Waals surface area contributed by atoms with E-state index in [0.29, 0.717) is 29.7 Å². The van der Waals surface area contributed by atoms with Crippen LogP contribution in [-0.4, -0.2) is 27.2 Å². The fraction of sp³-hybridized carbons (Fsp3) is 0.200. The van der Waals surface area contributed by atoms with Crippen molar-refractivity contribution in [2.45, 2.75) is 13.5 Å². The highest BCUT2D eigenvalue weighted by molar-refractivity contribution is 5.98. The number of rotatable bonds is 4. The van der Waals surface area contributed by atoms with E-state index in [4.69, 9.17) is 0 Å². The number of halogens is 1. The van der Waals surface area contributed by atoms with Crippen LogP contribution in [0, 0.1) is 12.7 Å². The predicted octanol–water partition coefficient (Wildman–Crippen LogP) is 2.24. The molecule has 0 bridgehead atoms. The molecule has 0 atom stereocenters. The van der Waals surface area contributed by atoms with Crippen molar-refractivity contribution in [1.29, 1.82) is 0 Å². The zero-order valence-corrected chi connectivity index (χ0v) is 11.6. The highest BCUT2D eigenvalue weighted by Gasteiger charge is 2.11. The third-order valence-electron chi connectivity index (χ3n) is 3.25. The van der Waals surface area contributed by atoms with Gasteiger partial charge in [0, 0.05) is 18.1 Å². The SMILES string of the molecule is Cc1ccn(CCNC(=O)c2cc3cccc(F)c3[nH]2)n1. The molecule has 0 radical (unpaired) electrons. The van der Waals surface area contributed by atoms with Crippen LogP contribution in [0.15, 0.2) is 36.5 Å². The van der Waals surface area contributed by atoms with Gasteiger partial charge in [0.15, 0.2) is 0 Å². The number of amides is 1. The van der Waals surface area contributed by atoms with Gasteiger partial charge < -0.3 is 10.3 Å². The van der Waals surface area contributed by atoms with Gasteiger partial charge in [-0.25, -0.2) is 4.39 Å². The summed E-state index contributed by atoms with van der Waals surface area (Å²) in [5.74, 6) is -0.618. The average molecular weight is 286 g/mol. The molecule has 0 spiro atoms. The van der Waals surface area contributed by atoms with E-state index in [2.05, 4.69) is 15.4 Å². The molecule has 0 saturated heterocycles. The summed E-state index contributed by atoms with van der Waals surface area (Å²) in [6.45, 7) is 2.96. The zero-order chi connectivity index (χ0) is 14.8. The number of carbonyl (C=O) groups excluding carboxylic acids is 1. The topological polar surface area (TPSA) is 62.7 Å². The maximum Gasteiger partial charge on any atom is 0.267 e. The molecule has 2 aromatic heterocycles. The predicted molar refractivity (Wildman–Crippen MR) is 77.6 cm³/mol. The molecule has 0 saturated carbocycles. The second-order valence-corrected chi connectivity index (χ2v) is 4.86. The number of aromatic nitrogens is 3. The summed E-state index contributed by atoms with van der Waals surface area (Å²) in [4.78, 5) is 14.8. The van der Waals surface area contributed by atoms with Gasteiger partial charge in [0.25, 0.3) is 5.91 Å². The summed E-state index contributed by atoms with van der Waals surface area (Å²) >= 11 is 0. The first-order valence-electron chi connectivity index (χ1n) is 6.69. The van der Waals surface area contributed by atoms with E-state index in [0.717, 1.165) is 5.69 Å². The van der Waals surface area contributed by atoms with E-state index >= 15 is 0 Å². The van der Waals surface area contributed by atoms with E-state index < -0.39 is 0 Å². The molecule has 0 fully saturated rings. The van der Waals surface area contributed by atoms with Crippen molar-refractivity contribution in [2.24, 2.45) is 0 Å². The molecule has 3 rings (SSSR count). The van der Waals surface area contributed by atoms with Crippen LogP contribution < -0.4 is 5.32 Å². The number of aryl methyl sites for hydroxylation is 1. The van der Waals surface area contributed by atoms with Crippen LogP contribution in [0.5, 0.6) is 0 Å². The van der Waals surface area contributed by atoms with Crippen molar-refractivity contribution in [3.8, 4) is 0 Å². The van der Waals surface area contributed by atoms with Gasteiger partial charge in [-0.1, -0.05) is 12.1 Å². The lowest BCUT2D eigenvalue weighted by Crippen LogP contribution is -2.27. The number of hydrogen-bond acceptors (Lipinski definition) is 2. The molecule has 2 N–H and O–H groups in total. The van der Waals surface area contributed by atoms with Gasteiger partial charge in [0.1, 0.15) is 11.5 Å². The summed E-state index contributed by atoms with van der Waals surface area (Å²) in [5.41, 5.74) is 1.64. The minimum absolute atomic E-state index is 0.255. The van der Waals surface area contributed by atoms with Gasteiger partial charge >= 0.3 is 0 Å². The van der Waals surface area contributed by atoms with Crippen molar-refractivity contribution >= 4 is 16.8 Å². The summed E-state index contributed by atoms with van der Waals surface area (Å²) in [6.07, 6.45) is 1.86. The van der Waals surface area contributed by atoms with Crippen LogP contribution in [0.4, 0.5) is 4.39 Å². The Bertz CT molecular complexity index is 790. The average Bonchev–Trinajstić information content (AvgIpc) is 3.06. The second-order valence-electron chi connectivity index (χ2n) is 4.86. The molecule has 3 aromatic rings. The molecule has 0 aliphatic heterocycles. The molecule has 1 aromatic carbocycles. The van der Waals surface area contributed by atoms with Gasteiger partial charge in [-0.05, 0) is 25.1 Å². The third kappa shape index (κ3) is 2.79. The van der Waals surface area contributed by atoms with Crippen LogP contribution in [-0.2, 0) is 6.54 Å². The number of carbonyl (C=O) groups is 1. The number of aromatic amines is 1. The molecule has 21 heavy (non-hydrogen) atoms. The molecule has 0 aliphatic rings. The summed E-state index contributed by atoms with van der Waals surface area (Å²) in [7, 11) is 0. The Morgan fingerprint density at radius 2 is 2.29 bits per heavy atom. The Kier molecular flexibility index (Phi) is 3.43. The van der Waals surface area contributed by atoms with E-state index in [-0.39, 0.29) is 11.7 Å². The highest BCUT2D eigenvalue weighted by Crippen LogP contribution is 2.18. The van der Waals surface area contributed by atoms with Gasteiger partial charge in [-0.3, -0.25) is 9.48 Å². The molecular weight excluding hydrogens is 271 g/mol. The van der Waals surface area contributed by atoms with Gasteiger partial charge in [-0.2, -0.15) is 5.10 Å². The fourth-order valence-corrected chi connectivity index (χ4v) is 2.21. The van der Waals surface area contributed by atoms with Gasteiger partial charge in [-0.15, -0.1) is 0 Å². The van der Waals surface area contributed by atoms with Crippen LogP contribution >= 0.6 is 0 Å². The van der Waals surface area contributed by atoms with E-state index in [1.54, 1.807) is 22.9 Å². The standard InChI is InChI=1S/C15H15FN4O/c1-10-5-7-20(19-10)8-6-17-15(21)13-9-11-3-2-4-12(16)14(11)18-13/h2-5,7,9,18H,6,8H2,1H3,(H,17,21). The van der Waals surface area contributed by atoms with Crippen molar-refractivity contribution in [3.05, 3.63) is 53.7 Å². The molecule has 2 heterocycles. The minimum Gasteiger partial charge on any atom is -0.349 e. The quantitative estimate of drug-likeness (QED) is 0.772. The Morgan fingerprint density at radius 1 is 1.43 bits per heavy atom. The van der Waals surface area contributed by atoms with Crippen LogP contribution in [0.25, 0.3) is 10.9 Å². The first kappa shape index (κ1) is 13.4. The first-order valence-corrected chi connectivity index (χ1v) is 6.69. The number of H-pyrrole nitrogens is 1. The number of fused-ring (bicyclic) bond motifs is 1. The molecule has 5 nitrogen and oxygen atoms in total. The van der Waals surface area contributed by atoms with Gasteiger partial charge in [0.2, 0.25) is 0 Å². The van der Waals surface area contributed by atoms with E-state index in [9.17, 15) is 9.18 Å². The number of para-hydroxylation sites is 1. The Hall–Kier alpha value is -2.63. The number of benzene rings is 1. The van der Waals surface area contributed by atoms with Crippen molar-refractivity contribution in [1.82, 2.24) is 20.1 Å². The fourth-order valence-electron chi connectivity index (χ4n) is 2.21. The minimum atomic E-state index is -0.362. The second kappa shape index (κ2) is 5.40. The molecule has 108 valence electrons. The lowest BCUT2D eigenvalue weighted by Gasteiger charge is -2.03. The lowest BCUT2D eigenvalue weighted by atomic mass is 10.2. The highest BCUT2D eigenvalue weighted by atomic mass is 19.1. The largest absolute Gasteiger partial charge is 0.349 e. The molecule has 6 heteroatoms. The maximum atomic E-state index is 13.6. The molecule has 0 aliphatic carbocycles. The first-order chi connectivity index (χ1) is 10.1. The third-order valence-corrected chi connectivity index (χ3v) is 3.25. The summed E-state index contributed by atoms with van der Waals surface area (Å²) in [6, 6.07) is 8.29. The summed E-state index contributed by atoms with van der Waals surface area (Å²) < 4.78 is 15.3. The molecule has 0 unspecified atom stereocenters. The monoisotopic (exact) mass is 286 g/mol. The van der Waals surface area contributed by atoms with Crippen LogP contribution in [0.2, 0.25) is 0 Å². The smallest absolute Gasteiger partial charge is 0.267 e. The molecular formula is C15H15FN4O. The Morgan fingerprint density at radius 3 is 3.00 bits per heavy atom. The number of nitrogens with zero attached hydrogens (tertiary/aromatic N) is 2. The lowest BCUT2D eigenvalue weighted by molar-refractivity contribution is 0.0948. The molecule has 1 amide bonds. The normalized spacial score (nSPS) is 11.0. The van der Waals surface area contributed by atoms with Crippen molar-refractivity contribution in [2.75, 3.05) is 6.54 Å². The van der Waals surface area contributed by atoms with Gasteiger partial charge in [0.05, 0.1) is 17.8 Å². The van der Waals surface area contributed by atoms with Crippen molar-refractivity contribution < 1.29 is 9.18 Å². The van der Waals surface area contributed by atoms with Crippen LogP contribution in [0.1, 0.15) is 16.2 Å². The Balaban J connectivity index is 1.65. The zero-order valence-electron chi connectivity index (χ0n) is 11.6. The Labute approximate surface area is 120 Å². The van der Waals surface area contributed by atoms with E-state index in [1.807, 2.05) is 19.2 Å². The maximum absolute atomic E-state index is 13.6. The van der Waals surface area contributed by atoms with Crippen molar-refractivity contribution in [3.63, 3.8) is 0 Å². The van der Waals surface area contributed by atoms with E-state index in [1.165, 1.54) is 6.07 Å². The number of hydrogen-bond donors (Lipinski definition) is 2. The number of nitrogens with one attached hydrogen (secondary N) is 2. The summed E-state index contributed by atoms with van der Waals surface area (Å²) in [5, 5.41) is 7.70.